The van der Waals surface area contributed by atoms with Crippen LogP contribution in [0.5, 0.6) is 0 Å². The summed E-state index contributed by atoms with van der Waals surface area (Å²) in [6.45, 7) is 9.03. The van der Waals surface area contributed by atoms with E-state index in [-0.39, 0.29) is 12.6 Å². The van der Waals surface area contributed by atoms with E-state index in [2.05, 4.69) is 34.1 Å². The highest BCUT2D eigenvalue weighted by molar-refractivity contribution is 5.41. The van der Waals surface area contributed by atoms with Crippen molar-refractivity contribution < 1.29 is 5.11 Å². The van der Waals surface area contributed by atoms with Crippen LogP contribution in [0.4, 0.5) is 17.8 Å². The first kappa shape index (κ1) is 17.3. The van der Waals surface area contributed by atoms with E-state index in [4.69, 9.17) is 16.6 Å². The average Bonchev–Trinajstić information content (AvgIpc) is 2.40. The minimum Gasteiger partial charge on any atom is -0.395 e. The van der Waals surface area contributed by atoms with Crippen LogP contribution in [0.1, 0.15) is 20.8 Å². The second-order valence-corrected chi connectivity index (χ2v) is 3.53. The molecule has 0 radical (unpaired) electrons. The van der Waals surface area contributed by atoms with Crippen molar-refractivity contribution in [3.8, 4) is 0 Å². The fraction of sp³-hybridized carbons (Fsp3) is 0.727. The first-order valence-electron chi connectivity index (χ1n) is 6.44. The molecule has 8 nitrogen and oxygen atoms in total. The molecule has 0 saturated heterocycles. The molecule has 1 rings (SSSR count). The minimum atomic E-state index is 0.0972. The number of nitrogens with zero attached hydrogens (tertiary/aromatic N) is 4. The van der Waals surface area contributed by atoms with Crippen molar-refractivity contribution in [2.45, 2.75) is 20.8 Å². The van der Waals surface area contributed by atoms with Gasteiger partial charge in [0.05, 0.1) is 6.61 Å². The minimum absolute atomic E-state index is 0.0972. The quantitative estimate of drug-likeness (QED) is 0.554. The van der Waals surface area contributed by atoms with Gasteiger partial charge in [0, 0.05) is 26.2 Å². The number of rotatable bonds is 6. The van der Waals surface area contributed by atoms with E-state index < -0.39 is 0 Å². The molecule has 0 spiro atoms. The van der Waals surface area contributed by atoms with E-state index in [9.17, 15) is 0 Å². The number of anilines is 3. The van der Waals surface area contributed by atoms with Crippen molar-refractivity contribution in [2.24, 2.45) is 5.73 Å². The van der Waals surface area contributed by atoms with E-state index in [1.54, 1.807) is 0 Å². The van der Waals surface area contributed by atoms with Crippen LogP contribution in [-0.4, -0.2) is 52.8 Å². The number of nitrogen functional groups attached to an aromatic ring is 1. The molecule has 0 aliphatic rings. The lowest BCUT2D eigenvalue weighted by atomic mass is 10.5. The Labute approximate surface area is 114 Å². The van der Waals surface area contributed by atoms with Crippen LogP contribution < -0.4 is 21.7 Å². The van der Waals surface area contributed by atoms with Gasteiger partial charge in [0.25, 0.3) is 0 Å². The maximum absolute atomic E-state index is 7.75. The zero-order valence-corrected chi connectivity index (χ0v) is 11.9. The smallest absolute Gasteiger partial charge is 0.231 e. The van der Waals surface area contributed by atoms with E-state index in [0.717, 1.165) is 19.6 Å². The van der Waals surface area contributed by atoms with Gasteiger partial charge in [0.1, 0.15) is 0 Å². The second-order valence-electron chi connectivity index (χ2n) is 3.53. The largest absolute Gasteiger partial charge is 0.395 e. The molecular weight excluding hydrogens is 246 g/mol. The highest BCUT2D eigenvalue weighted by atomic mass is 16.3. The normalized spacial score (nSPS) is 9.53. The molecule has 8 heteroatoms. The van der Waals surface area contributed by atoms with Crippen LogP contribution in [0.15, 0.2) is 0 Å². The van der Waals surface area contributed by atoms with Gasteiger partial charge in [-0.05, 0) is 20.8 Å². The highest BCUT2D eigenvalue weighted by Crippen LogP contribution is 2.10. The van der Waals surface area contributed by atoms with Gasteiger partial charge in [-0.1, -0.05) is 0 Å². The molecule has 19 heavy (non-hydrogen) atoms. The molecule has 0 fully saturated rings. The SMILES string of the molecule is CCNc1nc(N)nc(N(CC)CC)n1.NCCO. The third-order valence-corrected chi connectivity index (χ3v) is 2.15. The van der Waals surface area contributed by atoms with Crippen LogP contribution in [0.25, 0.3) is 0 Å². The summed E-state index contributed by atoms with van der Waals surface area (Å²) in [5.74, 6) is 1.42. The number of hydrogen-bond donors (Lipinski definition) is 4. The number of aliphatic hydroxyl groups excluding tert-OH is 1. The molecule has 0 aliphatic carbocycles. The molecule has 0 bridgehead atoms. The van der Waals surface area contributed by atoms with E-state index >= 15 is 0 Å². The first-order valence-corrected chi connectivity index (χ1v) is 6.44. The lowest BCUT2D eigenvalue weighted by Crippen LogP contribution is -2.25. The Balaban J connectivity index is 0.000000711. The van der Waals surface area contributed by atoms with Crippen molar-refractivity contribution in [3.05, 3.63) is 0 Å². The Bertz CT molecular complexity index is 342. The summed E-state index contributed by atoms with van der Waals surface area (Å²) in [6, 6.07) is 0. The summed E-state index contributed by atoms with van der Waals surface area (Å²) in [5, 5.41) is 10.8. The zero-order chi connectivity index (χ0) is 14.7. The Morgan fingerprint density at radius 1 is 1.16 bits per heavy atom. The Morgan fingerprint density at radius 3 is 2.16 bits per heavy atom. The molecule has 0 unspecified atom stereocenters. The number of nitrogens with one attached hydrogen (secondary N) is 1. The third kappa shape index (κ3) is 6.73. The fourth-order valence-corrected chi connectivity index (χ4v) is 1.27. The second kappa shape index (κ2) is 10.3. The lowest BCUT2D eigenvalue weighted by molar-refractivity contribution is 0.306. The van der Waals surface area contributed by atoms with E-state index in [1.807, 2.05) is 11.8 Å². The summed E-state index contributed by atoms with van der Waals surface area (Å²) < 4.78 is 0. The number of aromatic nitrogens is 3. The number of aliphatic hydroxyl groups is 1. The standard InChI is InChI=1S/C9H18N6.C2H7NO/c1-4-11-8-12-7(10)13-9(14-8)15(5-2)6-3;3-1-2-4/h4-6H2,1-3H3,(H3,10,11,12,13,14);4H,1-3H2. The molecule has 0 aromatic carbocycles. The molecule has 110 valence electrons. The van der Waals surface area contributed by atoms with Crippen LogP contribution >= 0.6 is 0 Å². The van der Waals surface area contributed by atoms with Gasteiger partial charge in [-0.2, -0.15) is 15.0 Å². The molecule has 1 aromatic heterocycles. The summed E-state index contributed by atoms with van der Waals surface area (Å²) in [5.41, 5.74) is 10.4. The van der Waals surface area contributed by atoms with E-state index in [0.29, 0.717) is 18.4 Å². The van der Waals surface area contributed by atoms with Gasteiger partial charge in [0.15, 0.2) is 0 Å². The van der Waals surface area contributed by atoms with Gasteiger partial charge in [0.2, 0.25) is 17.8 Å². The summed E-state index contributed by atoms with van der Waals surface area (Å²) in [4.78, 5) is 14.4. The predicted molar refractivity (Wildman–Crippen MR) is 78.1 cm³/mol. The van der Waals surface area contributed by atoms with Crippen molar-refractivity contribution >= 4 is 17.8 Å². The van der Waals surface area contributed by atoms with Crippen LogP contribution in [0, 0.1) is 0 Å². The third-order valence-electron chi connectivity index (χ3n) is 2.15. The van der Waals surface area contributed by atoms with Crippen LogP contribution in [0.2, 0.25) is 0 Å². The predicted octanol–water partition coefficient (Wildman–Crippen LogP) is -0.331. The first-order chi connectivity index (χ1) is 9.12. The van der Waals surface area contributed by atoms with Gasteiger partial charge in [-0.25, -0.2) is 0 Å². The van der Waals surface area contributed by atoms with Gasteiger partial charge >= 0.3 is 0 Å². The Morgan fingerprint density at radius 2 is 1.74 bits per heavy atom. The molecule has 0 aliphatic heterocycles. The van der Waals surface area contributed by atoms with Gasteiger partial charge in [-0.15, -0.1) is 0 Å². The zero-order valence-electron chi connectivity index (χ0n) is 11.9. The Kier molecular flexibility index (Phi) is 9.37. The van der Waals surface area contributed by atoms with Gasteiger partial charge < -0.3 is 26.8 Å². The van der Waals surface area contributed by atoms with Gasteiger partial charge in [-0.3, -0.25) is 0 Å². The maximum atomic E-state index is 7.75. The van der Waals surface area contributed by atoms with E-state index in [1.165, 1.54) is 0 Å². The van der Waals surface area contributed by atoms with Crippen molar-refractivity contribution in [1.29, 1.82) is 0 Å². The van der Waals surface area contributed by atoms with Crippen molar-refractivity contribution in [2.75, 3.05) is 48.7 Å². The van der Waals surface area contributed by atoms with Crippen molar-refractivity contribution in [1.82, 2.24) is 15.0 Å². The molecular formula is C11H25N7O. The topological polar surface area (TPSA) is 126 Å². The number of nitrogens with two attached hydrogens (primary N) is 2. The average molecular weight is 271 g/mol. The summed E-state index contributed by atoms with van der Waals surface area (Å²) >= 11 is 0. The molecule has 1 aromatic rings. The van der Waals surface area contributed by atoms with Crippen LogP contribution in [-0.2, 0) is 0 Å². The molecule has 1 heterocycles. The molecule has 6 N–H and O–H groups in total. The molecule has 0 saturated carbocycles. The summed E-state index contributed by atoms with van der Waals surface area (Å²) in [6.07, 6.45) is 0. The summed E-state index contributed by atoms with van der Waals surface area (Å²) in [7, 11) is 0. The fourth-order valence-electron chi connectivity index (χ4n) is 1.27. The molecule has 0 atom stereocenters. The molecule has 0 amide bonds. The van der Waals surface area contributed by atoms with Crippen LogP contribution in [0.3, 0.4) is 0 Å². The monoisotopic (exact) mass is 271 g/mol. The maximum Gasteiger partial charge on any atom is 0.231 e. The highest BCUT2D eigenvalue weighted by Gasteiger charge is 2.08. The number of hydrogen-bond acceptors (Lipinski definition) is 8. The Hall–Kier alpha value is -1.67. The lowest BCUT2D eigenvalue weighted by Gasteiger charge is -2.18. The van der Waals surface area contributed by atoms with Crippen molar-refractivity contribution in [3.63, 3.8) is 0 Å².